The number of nitrogens with zero attached hydrogens (tertiary/aromatic N) is 1. The van der Waals surface area contributed by atoms with E-state index in [1.165, 1.54) is 16.0 Å². The van der Waals surface area contributed by atoms with Crippen molar-refractivity contribution in [3.8, 4) is 0 Å². The highest BCUT2D eigenvalue weighted by Crippen LogP contribution is 2.18. The molecule has 1 atom stereocenters. The Labute approximate surface area is 113 Å². The van der Waals surface area contributed by atoms with Crippen molar-refractivity contribution in [3.05, 3.63) is 51.0 Å². The molecule has 18 heavy (non-hydrogen) atoms. The van der Waals surface area contributed by atoms with Crippen LogP contribution in [0.4, 0.5) is 0 Å². The summed E-state index contributed by atoms with van der Waals surface area (Å²) < 4.78 is 0. The smallest absolute Gasteiger partial charge is 0.0946 e. The predicted octanol–water partition coefficient (Wildman–Crippen LogP) is 3.18. The van der Waals surface area contributed by atoms with Gasteiger partial charge in [0.2, 0.25) is 0 Å². The molecule has 2 N–H and O–H groups in total. The summed E-state index contributed by atoms with van der Waals surface area (Å²) in [7, 11) is 0. The third kappa shape index (κ3) is 3.40. The van der Waals surface area contributed by atoms with E-state index >= 15 is 0 Å². The third-order valence-electron chi connectivity index (χ3n) is 3.13. The van der Waals surface area contributed by atoms with E-state index in [1.54, 1.807) is 11.3 Å². The number of aromatic nitrogens is 1. The molecule has 0 aliphatic rings. The zero-order chi connectivity index (χ0) is 13.1. The van der Waals surface area contributed by atoms with Crippen molar-refractivity contribution in [3.63, 3.8) is 0 Å². The first-order valence-corrected chi connectivity index (χ1v) is 7.10. The van der Waals surface area contributed by atoms with Crippen molar-refractivity contribution in [1.82, 2.24) is 4.98 Å². The Hall–Kier alpha value is -1.19. The highest BCUT2D eigenvalue weighted by Gasteiger charge is 2.10. The molecule has 0 bridgehead atoms. The number of benzene rings is 1. The van der Waals surface area contributed by atoms with Gasteiger partial charge >= 0.3 is 0 Å². The summed E-state index contributed by atoms with van der Waals surface area (Å²) in [5.74, 6) is 0. The van der Waals surface area contributed by atoms with Crippen LogP contribution >= 0.6 is 11.3 Å². The van der Waals surface area contributed by atoms with Crippen LogP contribution in [0.1, 0.15) is 26.7 Å². The summed E-state index contributed by atoms with van der Waals surface area (Å²) in [4.78, 5) is 5.84. The minimum Gasteiger partial charge on any atom is -0.327 e. The zero-order valence-corrected chi connectivity index (χ0v) is 12.1. The summed E-state index contributed by atoms with van der Waals surface area (Å²) in [5.41, 5.74) is 9.93. The summed E-state index contributed by atoms with van der Waals surface area (Å²) in [5, 5.41) is 1.16. The van der Waals surface area contributed by atoms with E-state index in [1.807, 2.05) is 0 Å². The van der Waals surface area contributed by atoms with E-state index in [9.17, 15) is 0 Å². The molecule has 2 aromatic rings. The maximum Gasteiger partial charge on any atom is 0.0946 e. The van der Waals surface area contributed by atoms with Gasteiger partial charge in [0.1, 0.15) is 0 Å². The maximum atomic E-state index is 6.20. The minimum atomic E-state index is 0.151. The second-order valence-corrected chi connectivity index (χ2v) is 6.19. The zero-order valence-electron chi connectivity index (χ0n) is 11.2. The maximum absolute atomic E-state index is 6.20. The summed E-state index contributed by atoms with van der Waals surface area (Å²) >= 11 is 1.76. The summed E-state index contributed by atoms with van der Waals surface area (Å²) in [6.07, 6.45) is 1.78. The van der Waals surface area contributed by atoms with Crippen LogP contribution in [0.2, 0.25) is 0 Å². The second-order valence-electron chi connectivity index (χ2n) is 4.90. The number of hydrogen-bond donors (Lipinski definition) is 1. The van der Waals surface area contributed by atoms with Crippen molar-refractivity contribution in [1.29, 1.82) is 0 Å². The normalized spacial score (nSPS) is 12.7. The van der Waals surface area contributed by atoms with Crippen LogP contribution in [0.3, 0.4) is 0 Å². The topological polar surface area (TPSA) is 38.9 Å². The fraction of sp³-hybridized carbons (Fsp3) is 0.400. The lowest BCUT2D eigenvalue weighted by atomic mass is 10.0. The molecule has 0 fully saturated rings. The molecule has 1 unspecified atom stereocenters. The lowest BCUT2D eigenvalue weighted by Gasteiger charge is -2.10. The van der Waals surface area contributed by atoms with E-state index in [-0.39, 0.29) is 6.04 Å². The van der Waals surface area contributed by atoms with E-state index < -0.39 is 0 Å². The fourth-order valence-electron chi connectivity index (χ4n) is 1.95. The number of thiazole rings is 1. The van der Waals surface area contributed by atoms with Gasteiger partial charge in [-0.2, -0.15) is 0 Å². The van der Waals surface area contributed by atoms with Gasteiger partial charge in [0, 0.05) is 17.3 Å². The number of nitrogens with two attached hydrogens (primary N) is 1. The van der Waals surface area contributed by atoms with E-state index in [0.717, 1.165) is 23.5 Å². The molecule has 2 rings (SSSR count). The lowest BCUT2D eigenvalue weighted by Crippen LogP contribution is -2.25. The average molecular weight is 260 g/mol. The molecule has 0 radical (unpaired) electrons. The van der Waals surface area contributed by atoms with E-state index in [0.29, 0.717) is 0 Å². The van der Waals surface area contributed by atoms with Crippen LogP contribution in [0.15, 0.2) is 24.3 Å². The summed E-state index contributed by atoms with van der Waals surface area (Å²) in [6, 6.07) is 8.75. The molecular weight excluding hydrogens is 240 g/mol. The Bertz CT molecular complexity index is 494. The number of hydrogen-bond acceptors (Lipinski definition) is 3. The van der Waals surface area contributed by atoms with E-state index in [4.69, 9.17) is 5.73 Å². The SMILES string of the molecule is Cc1ccc(CC(N)Cc2nc(C)c(C)s2)cc1. The van der Waals surface area contributed by atoms with Gasteiger partial charge in [0.15, 0.2) is 0 Å². The number of rotatable bonds is 4. The van der Waals surface area contributed by atoms with Crippen LogP contribution in [-0.2, 0) is 12.8 Å². The first-order chi connectivity index (χ1) is 8.54. The van der Waals surface area contributed by atoms with Crippen LogP contribution in [-0.4, -0.2) is 11.0 Å². The molecule has 3 heteroatoms. The first kappa shape index (κ1) is 13.2. The Morgan fingerprint density at radius 3 is 2.33 bits per heavy atom. The molecule has 0 aliphatic carbocycles. The minimum absolute atomic E-state index is 0.151. The molecule has 2 nitrogen and oxygen atoms in total. The van der Waals surface area contributed by atoms with Crippen LogP contribution < -0.4 is 5.73 Å². The highest BCUT2D eigenvalue weighted by atomic mass is 32.1. The first-order valence-electron chi connectivity index (χ1n) is 6.28. The molecule has 1 aromatic carbocycles. The highest BCUT2D eigenvalue weighted by molar-refractivity contribution is 7.11. The molecule has 0 saturated carbocycles. The van der Waals surface area contributed by atoms with Gasteiger partial charge in [0.05, 0.1) is 10.7 Å². The largest absolute Gasteiger partial charge is 0.327 e. The lowest BCUT2D eigenvalue weighted by molar-refractivity contribution is 0.661. The van der Waals surface area contributed by atoms with Crippen molar-refractivity contribution < 1.29 is 0 Å². The third-order valence-corrected chi connectivity index (χ3v) is 4.22. The Kier molecular flexibility index (Phi) is 4.15. The van der Waals surface area contributed by atoms with Crippen LogP contribution in [0.5, 0.6) is 0 Å². The molecule has 0 amide bonds. The molecular formula is C15H20N2S. The van der Waals surface area contributed by atoms with E-state index in [2.05, 4.69) is 50.0 Å². The molecule has 0 spiro atoms. The Morgan fingerprint density at radius 1 is 1.11 bits per heavy atom. The predicted molar refractivity (Wildman–Crippen MR) is 78.2 cm³/mol. The Morgan fingerprint density at radius 2 is 1.78 bits per heavy atom. The van der Waals surface area contributed by atoms with Crippen molar-refractivity contribution in [2.24, 2.45) is 5.73 Å². The monoisotopic (exact) mass is 260 g/mol. The quantitative estimate of drug-likeness (QED) is 0.917. The fourth-order valence-corrected chi connectivity index (χ4v) is 2.98. The average Bonchev–Trinajstić information content (AvgIpc) is 2.61. The van der Waals surface area contributed by atoms with Gasteiger partial charge in [-0.25, -0.2) is 4.98 Å². The van der Waals surface area contributed by atoms with Crippen molar-refractivity contribution >= 4 is 11.3 Å². The molecule has 96 valence electrons. The van der Waals surface area contributed by atoms with Gasteiger partial charge in [-0.1, -0.05) is 29.8 Å². The molecule has 1 heterocycles. The van der Waals surface area contributed by atoms with Gasteiger partial charge in [-0.15, -0.1) is 11.3 Å². The molecule has 0 aliphatic heterocycles. The van der Waals surface area contributed by atoms with Crippen molar-refractivity contribution in [2.45, 2.75) is 39.7 Å². The van der Waals surface area contributed by atoms with Crippen molar-refractivity contribution in [2.75, 3.05) is 0 Å². The van der Waals surface area contributed by atoms with Gasteiger partial charge in [0.25, 0.3) is 0 Å². The summed E-state index contributed by atoms with van der Waals surface area (Å²) in [6.45, 7) is 6.27. The number of aryl methyl sites for hydroxylation is 3. The van der Waals surface area contributed by atoms with Gasteiger partial charge in [-0.05, 0) is 32.8 Å². The second kappa shape index (κ2) is 5.63. The van der Waals surface area contributed by atoms with Gasteiger partial charge < -0.3 is 5.73 Å². The van der Waals surface area contributed by atoms with Crippen LogP contribution in [0.25, 0.3) is 0 Å². The molecule has 1 aromatic heterocycles. The molecule has 0 saturated heterocycles. The Balaban J connectivity index is 1.96. The van der Waals surface area contributed by atoms with Gasteiger partial charge in [-0.3, -0.25) is 0 Å². The van der Waals surface area contributed by atoms with Crippen LogP contribution in [0, 0.1) is 20.8 Å². The standard InChI is InChI=1S/C15H20N2S/c1-10-4-6-13(7-5-10)8-14(16)9-15-17-11(2)12(3)18-15/h4-7,14H,8-9,16H2,1-3H3.